The zero-order valence-electron chi connectivity index (χ0n) is 16.1. The van der Waals surface area contributed by atoms with Crippen LogP contribution in [0, 0.1) is 0 Å². The number of ether oxygens (including phenoxy) is 1. The highest BCUT2D eigenvalue weighted by molar-refractivity contribution is 5.81. The second kappa shape index (κ2) is 7.55. The number of nitrogens with zero attached hydrogens (tertiary/aromatic N) is 2. The number of likely N-dealkylation sites (tertiary alicyclic amines) is 1. The van der Waals surface area contributed by atoms with Crippen molar-refractivity contribution in [2.75, 3.05) is 6.54 Å². The molecule has 4 rings (SSSR count). The summed E-state index contributed by atoms with van der Waals surface area (Å²) in [5.74, 6) is -0.843. The van der Waals surface area contributed by atoms with Gasteiger partial charge in [0, 0.05) is 26.1 Å². The van der Waals surface area contributed by atoms with E-state index in [4.69, 9.17) is 4.42 Å². The van der Waals surface area contributed by atoms with Crippen LogP contribution in [0.25, 0.3) is 22.2 Å². The van der Waals surface area contributed by atoms with E-state index in [0.29, 0.717) is 35.3 Å². The van der Waals surface area contributed by atoms with Crippen LogP contribution in [0.15, 0.2) is 51.7 Å². The molecule has 1 fully saturated rings. The lowest BCUT2D eigenvalue weighted by molar-refractivity contribution is -0.274. The topological polar surface area (TPSA) is 64.7 Å². The lowest BCUT2D eigenvalue weighted by Gasteiger charge is -2.23. The van der Waals surface area contributed by atoms with E-state index in [0.717, 1.165) is 12.8 Å². The third-order valence-corrected chi connectivity index (χ3v) is 5.26. The van der Waals surface area contributed by atoms with Crippen molar-refractivity contribution < 1.29 is 27.1 Å². The van der Waals surface area contributed by atoms with Crippen LogP contribution in [0.5, 0.6) is 5.75 Å². The van der Waals surface area contributed by atoms with E-state index in [1.54, 1.807) is 23.1 Å². The first-order valence-corrected chi connectivity index (χ1v) is 9.48. The van der Waals surface area contributed by atoms with E-state index in [-0.39, 0.29) is 17.7 Å². The average molecular weight is 420 g/mol. The summed E-state index contributed by atoms with van der Waals surface area (Å²) in [5, 5.41) is 0. The van der Waals surface area contributed by atoms with Gasteiger partial charge in [-0.1, -0.05) is 18.2 Å². The summed E-state index contributed by atoms with van der Waals surface area (Å²) in [7, 11) is 0. The predicted molar refractivity (Wildman–Crippen MR) is 103 cm³/mol. The van der Waals surface area contributed by atoms with E-state index in [2.05, 4.69) is 4.74 Å². The highest BCUT2D eigenvalue weighted by Gasteiger charge is 2.31. The molecule has 0 unspecified atom stereocenters. The van der Waals surface area contributed by atoms with Gasteiger partial charge < -0.3 is 14.1 Å². The number of oxazole rings is 1. The highest BCUT2D eigenvalue weighted by atomic mass is 19.4. The summed E-state index contributed by atoms with van der Waals surface area (Å²) in [6.45, 7) is 2.51. The standard InChI is InChI=1S/C21H19F3N2O4/c1-13(27)25-10-2-3-16(25)12-26-18-11-15(6-9-19(18)29-20(26)28)14-4-7-17(8-5-14)30-21(22,23)24/h4-9,11,16H,2-3,10,12H2,1H3/t16-/m0/s1. The van der Waals surface area contributed by atoms with Crippen LogP contribution < -0.4 is 10.5 Å². The molecule has 1 aliphatic heterocycles. The summed E-state index contributed by atoms with van der Waals surface area (Å²) >= 11 is 0. The minimum Gasteiger partial charge on any atom is -0.408 e. The van der Waals surface area contributed by atoms with Gasteiger partial charge >= 0.3 is 12.1 Å². The van der Waals surface area contributed by atoms with Gasteiger partial charge in [0.2, 0.25) is 5.91 Å². The Balaban J connectivity index is 1.65. The van der Waals surface area contributed by atoms with E-state index >= 15 is 0 Å². The van der Waals surface area contributed by atoms with Crippen LogP contribution in [-0.4, -0.2) is 34.3 Å². The molecule has 158 valence electrons. The number of hydrogen-bond acceptors (Lipinski definition) is 4. The largest absolute Gasteiger partial charge is 0.573 e. The summed E-state index contributed by atoms with van der Waals surface area (Å²) in [5.41, 5.74) is 2.36. The number of carbonyl (C=O) groups excluding carboxylic acids is 1. The Morgan fingerprint density at radius 1 is 1.17 bits per heavy atom. The number of carbonyl (C=O) groups is 1. The van der Waals surface area contributed by atoms with Crippen LogP contribution in [-0.2, 0) is 11.3 Å². The molecule has 0 radical (unpaired) electrons. The third-order valence-electron chi connectivity index (χ3n) is 5.26. The molecule has 0 N–H and O–H groups in total. The molecule has 3 aromatic rings. The molecule has 9 heteroatoms. The Labute approximate surface area is 169 Å². The van der Waals surface area contributed by atoms with Gasteiger partial charge in [-0.3, -0.25) is 9.36 Å². The summed E-state index contributed by atoms with van der Waals surface area (Å²) in [4.78, 5) is 26.0. The average Bonchev–Trinajstić information content (AvgIpc) is 3.26. The Hall–Kier alpha value is -3.23. The maximum atomic E-state index is 12.4. The maximum absolute atomic E-state index is 12.4. The first kappa shape index (κ1) is 20.1. The quantitative estimate of drug-likeness (QED) is 0.636. The lowest BCUT2D eigenvalue weighted by Crippen LogP contribution is -2.38. The molecule has 1 atom stereocenters. The first-order chi connectivity index (χ1) is 14.2. The lowest BCUT2D eigenvalue weighted by atomic mass is 10.1. The fraction of sp³-hybridized carbons (Fsp3) is 0.333. The van der Waals surface area contributed by atoms with E-state index in [1.807, 2.05) is 0 Å². The summed E-state index contributed by atoms with van der Waals surface area (Å²) in [6.07, 6.45) is -3.06. The van der Waals surface area contributed by atoms with Gasteiger partial charge in [0.1, 0.15) is 5.75 Å². The van der Waals surface area contributed by atoms with Crippen LogP contribution in [0.2, 0.25) is 0 Å². The fourth-order valence-corrected chi connectivity index (χ4v) is 3.91. The van der Waals surface area contributed by atoms with Gasteiger partial charge in [-0.15, -0.1) is 13.2 Å². The summed E-state index contributed by atoms with van der Waals surface area (Å²) in [6, 6.07) is 10.6. The van der Waals surface area contributed by atoms with Crippen LogP contribution >= 0.6 is 0 Å². The van der Waals surface area contributed by atoms with Crippen molar-refractivity contribution in [2.45, 2.75) is 38.7 Å². The molecule has 1 saturated heterocycles. The van der Waals surface area contributed by atoms with E-state index in [1.165, 1.54) is 35.8 Å². The predicted octanol–water partition coefficient (Wildman–Crippen LogP) is 4.17. The van der Waals surface area contributed by atoms with Crippen molar-refractivity contribution in [1.82, 2.24) is 9.47 Å². The normalized spacial score (nSPS) is 16.9. The van der Waals surface area contributed by atoms with Crippen molar-refractivity contribution in [3.8, 4) is 16.9 Å². The van der Waals surface area contributed by atoms with Gasteiger partial charge in [0.15, 0.2) is 5.58 Å². The molecule has 0 bridgehead atoms. The van der Waals surface area contributed by atoms with Crippen molar-refractivity contribution >= 4 is 17.0 Å². The molecule has 0 aliphatic carbocycles. The van der Waals surface area contributed by atoms with Crippen LogP contribution in [0.1, 0.15) is 19.8 Å². The van der Waals surface area contributed by atoms with Crippen molar-refractivity contribution in [3.63, 3.8) is 0 Å². The molecule has 1 aliphatic rings. The first-order valence-electron chi connectivity index (χ1n) is 9.48. The molecule has 0 saturated carbocycles. The Bertz CT molecular complexity index is 1130. The van der Waals surface area contributed by atoms with Gasteiger partial charge in [-0.05, 0) is 48.2 Å². The van der Waals surface area contributed by atoms with Crippen molar-refractivity contribution in [2.24, 2.45) is 0 Å². The second-order valence-corrected chi connectivity index (χ2v) is 7.24. The third kappa shape index (κ3) is 4.05. The van der Waals surface area contributed by atoms with Crippen molar-refractivity contribution in [1.29, 1.82) is 0 Å². The molecule has 6 nitrogen and oxygen atoms in total. The van der Waals surface area contributed by atoms with Gasteiger partial charge in [0.05, 0.1) is 5.52 Å². The maximum Gasteiger partial charge on any atom is 0.573 e. The number of aromatic nitrogens is 1. The van der Waals surface area contributed by atoms with Crippen LogP contribution in [0.4, 0.5) is 13.2 Å². The fourth-order valence-electron chi connectivity index (χ4n) is 3.91. The van der Waals surface area contributed by atoms with Crippen LogP contribution in [0.3, 0.4) is 0 Å². The second-order valence-electron chi connectivity index (χ2n) is 7.24. The summed E-state index contributed by atoms with van der Waals surface area (Å²) < 4.78 is 47.8. The SMILES string of the molecule is CC(=O)N1CCC[C@H]1Cn1c(=O)oc2ccc(-c3ccc(OC(F)(F)F)cc3)cc21. The van der Waals surface area contributed by atoms with E-state index in [9.17, 15) is 22.8 Å². The minimum absolute atomic E-state index is 0.0276. The molecule has 2 heterocycles. The van der Waals surface area contributed by atoms with Gasteiger partial charge in [-0.2, -0.15) is 0 Å². The number of alkyl halides is 3. The van der Waals surface area contributed by atoms with Gasteiger partial charge in [-0.25, -0.2) is 4.79 Å². The van der Waals surface area contributed by atoms with E-state index < -0.39 is 12.1 Å². The highest BCUT2D eigenvalue weighted by Crippen LogP contribution is 2.29. The number of fused-ring (bicyclic) bond motifs is 1. The molecule has 2 aromatic carbocycles. The molecule has 1 amide bonds. The Kier molecular flexibility index (Phi) is 5.05. The number of hydrogen-bond donors (Lipinski definition) is 0. The molecule has 0 spiro atoms. The smallest absolute Gasteiger partial charge is 0.408 e. The molecular weight excluding hydrogens is 401 g/mol. The number of amides is 1. The minimum atomic E-state index is -4.75. The zero-order valence-corrected chi connectivity index (χ0v) is 16.1. The number of halogens is 3. The Morgan fingerprint density at radius 3 is 2.53 bits per heavy atom. The number of rotatable bonds is 4. The number of benzene rings is 2. The molecule has 30 heavy (non-hydrogen) atoms. The molecule has 1 aromatic heterocycles. The van der Waals surface area contributed by atoms with Gasteiger partial charge in [0.25, 0.3) is 0 Å². The molecular formula is C21H19F3N2O4. The zero-order chi connectivity index (χ0) is 21.5. The van der Waals surface area contributed by atoms with Crippen molar-refractivity contribution in [3.05, 3.63) is 53.0 Å². The Morgan fingerprint density at radius 2 is 1.87 bits per heavy atom. The monoisotopic (exact) mass is 420 g/mol.